The predicted molar refractivity (Wildman–Crippen MR) is 136 cm³/mol. The van der Waals surface area contributed by atoms with Crippen molar-refractivity contribution in [2.75, 3.05) is 39.4 Å². The molecule has 5 aliphatic rings. The van der Waals surface area contributed by atoms with Gasteiger partial charge in [0.2, 0.25) is 5.91 Å². The standard InChI is InChI=1S/C29H35FN4O3/c30-23-5-3-22(4-6-23)28-18-29(19-28,20-28)25(32-27(36)21-2-1-9-31-17-21)16-26(35)34-10-7-24(8-11-34)33-12-14-37-15-13-33/h1-6,9,17,24-25H,7-8,10-16,18-20H2,(H,32,36). The highest BCUT2D eigenvalue weighted by atomic mass is 19.1. The third-order valence-electron chi connectivity index (χ3n) is 9.25. The Morgan fingerprint density at radius 2 is 1.76 bits per heavy atom. The SMILES string of the molecule is O=C(NC(CC(=O)N1CCC(N2CCOCC2)CC1)C12CC(c3ccc(F)cc3)(C1)C2)c1cccnc1. The third kappa shape index (κ3) is 4.66. The fourth-order valence-electron chi connectivity index (χ4n) is 7.23. The van der Waals surface area contributed by atoms with Crippen LogP contribution < -0.4 is 5.32 Å². The van der Waals surface area contributed by atoms with Crippen molar-refractivity contribution in [1.29, 1.82) is 0 Å². The number of likely N-dealkylation sites (tertiary alicyclic amines) is 1. The lowest BCUT2D eigenvalue weighted by Crippen LogP contribution is -2.72. The molecule has 2 saturated heterocycles. The molecule has 2 aromatic rings. The third-order valence-corrected chi connectivity index (χ3v) is 9.25. The zero-order valence-corrected chi connectivity index (χ0v) is 21.2. The van der Waals surface area contributed by atoms with Gasteiger partial charge in [0.05, 0.1) is 18.8 Å². The maximum Gasteiger partial charge on any atom is 0.253 e. The number of benzene rings is 1. The zero-order chi connectivity index (χ0) is 25.5. The van der Waals surface area contributed by atoms with E-state index in [0.29, 0.717) is 18.0 Å². The molecule has 5 fully saturated rings. The molecule has 7 rings (SSSR count). The lowest BCUT2D eigenvalue weighted by molar-refractivity contribution is -0.169. The Hall–Kier alpha value is -2.84. The van der Waals surface area contributed by atoms with E-state index in [9.17, 15) is 14.0 Å². The van der Waals surface area contributed by atoms with Crippen molar-refractivity contribution in [3.63, 3.8) is 0 Å². The van der Waals surface area contributed by atoms with Crippen molar-refractivity contribution in [3.05, 3.63) is 65.7 Å². The Morgan fingerprint density at radius 1 is 1.05 bits per heavy atom. The first-order chi connectivity index (χ1) is 18.0. The van der Waals surface area contributed by atoms with Crippen LogP contribution in [0.4, 0.5) is 4.39 Å². The van der Waals surface area contributed by atoms with Crippen LogP contribution in [0.15, 0.2) is 48.8 Å². The number of hydrogen-bond donors (Lipinski definition) is 1. The number of rotatable bonds is 7. The normalized spacial score (nSPS) is 28.6. The minimum absolute atomic E-state index is 0.0462. The fourth-order valence-corrected chi connectivity index (χ4v) is 7.23. The number of hydrogen-bond acceptors (Lipinski definition) is 5. The van der Waals surface area contributed by atoms with Gasteiger partial charge in [0, 0.05) is 57.1 Å². The Bertz CT molecular complexity index is 1110. The molecule has 2 aliphatic heterocycles. The van der Waals surface area contributed by atoms with Crippen LogP contribution in [0.3, 0.4) is 0 Å². The lowest BCUT2D eigenvalue weighted by atomic mass is 9.31. The van der Waals surface area contributed by atoms with Crippen LogP contribution in [-0.4, -0.2) is 78.1 Å². The number of pyridine rings is 1. The van der Waals surface area contributed by atoms with Crippen LogP contribution in [-0.2, 0) is 14.9 Å². The number of carbonyl (C=O) groups is 2. The van der Waals surface area contributed by atoms with Gasteiger partial charge >= 0.3 is 0 Å². The van der Waals surface area contributed by atoms with Gasteiger partial charge < -0.3 is 15.0 Å². The van der Waals surface area contributed by atoms with Crippen LogP contribution in [0.1, 0.15) is 54.4 Å². The van der Waals surface area contributed by atoms with Crippen molar-refractivity contribution in [2.45, 2.75) is 56.0 Å². The molecule has 1 N–H and O–H groups in total. The summed E-state index contributed by atoms with van der Waals surface area (Å²) in [7, 11) is 0. The first-order valence-corrected chi connectivity index (χ1v) is 13.5. The molecule has 8 heteroatoms. The molecule has 1 aromatic heterocycles. The molecule has 0 radical (unpaired) electrons. The van der Waals surface area contributed by atoms with E-state index in [0.717, 1.165) is 77.1 Å². The molecule has 0 spiro atoms. The molecule has 2 bridgehead atoms. The van der Waals surface area contributed by atoms with Gasteiger partial charge in [-0.1, -0.05) is 12.1 Å². The van der Waals surface area contributed by atoms with Crippen molar-refractivity contribution >= 4 is 11.8 Å². The zero-order valence-electron chi connectivity index (χ0n) is 21.2. The molecule has 3 heterocycles. The number of piperidine rings is 1. The molecule has 196 valence electrons. The van der Waals surface area contributed by atoms with E-state index >= 15 is 0 Å². The predicted octanol–water partition coefficient (Wildman–Crippen LogP) is 3.15. The molecule has 2 amide bonds. The van der Waals surface area contributed by atoms with Crippen molar-refractivity contribution in [3.8, 4) is 0 Å². The van der Waals surface area contributed by atoms with E-state index < -0.39 is 0 Å². The summed E-state index contributed by atoms with van der Waals surface area (Å²) in [6.45, 7) is 5.05. The van der Waals surface area contributed by atoms with Gasteiger partial charge in [0.15, 0.2) is 0 Å². The molecular formula is C29H35FN4O3. The minimum Gasteiger partial charge on any atom is -0.379 e. The van der Waals surface area contributed by atoms with Gasteiger partial charge in [-0.15, -0.1) is 0 Å². The van der Waals surface area contributed by atoms with Crippen LogP contribution >= 0.6 is 0 Å². The Kier molecular flexibility index (Phi) is 6.49. The maximum atomic E-state index is 13.5. The monoisotopic (exact) mass is 506 g/mol. The first-order valence-electron chi connectivity index (χ1n) is 13.5. The van der Waals surface area contributed by atoms with Crippen molar-refractivity contribution < 1.29 is 18.7 Å². The summed E-state index contributed by atoms with van der Waals surface area (Å²) in [6.07, 6.45) is 8.23. The summed E-state index contributed by atoms with van der Waals surface area (Å²) in [4.78, 5) is 35.1. The second kappa shape index (κ2) is 9.80. The van der Waals surface area contributed by atoms with Crippen LogP contribution in [0.5, 0.6) is 0 Å². The number of aromatic nitrogens is 1. The number of amides is 2. The van der Waals surface area contributed by atoms with E-state index in [1.807, 2.05) is 17.0 Å². The molecule has 37 heavy (non-hydrogen) atoms. The van der Waals surface area contributed by atoms with Gasteiger partial charge in [-0.2, -0.15) is 0 Å². The maximum absolute atomic E-state index is 13.5. The van der Waals surface area contributed by atoms with E-state index in [2.05, 4.69) is 15.2 Å². The lowest BCUT2D eigenvalue weighted by Gasteiger charge is -2.73. The van der Waals surface area contributed by atoms with Crippen LogP contribution in [0.25, 0.3) is 0 Å². The van der Waals surface area contributed by atoms with E-state index in [1.165, 1.54) is 12.1 Å². The second-order valence-corrected chi connectivity index (χ2v) is 11.4. The number of halogens is 1. The van der Waals surface area contributed by atoms with Gasteiger partial charge in [-0.05, 0) is 72.8 Å². The quantitative estimate of drug-likeness (QED) is 0.625. The summed E-state index contributed by atoms with van der Waals surface area (Å²) in [6, 6.07) is 10.6. The molecular weight excluding hydrogens is 471 g/mol. The van der Waals surface area contributed by atoms with Crippen molar-refractivity contribution in [2.24, 2.45) is 5.41 Å². The fraction of sp³-hybridized carbons (Fsp3) is 0.552. The summed E-state index contributed by atoms with van der Waals surface area (Å²) in [5, 5.41) is 3.21. The Labute approximate surface area is 217 Å². The topological polar surface area (TPSA) is 74.8 Å². The highest BCUT2D eigenvalue weighted by Gasteiger charge is 2.71. The molecule has 3 saturated carbocycles. The van der Waals surface area contributed by atoms with E-state index in [1.54, 1.807) is 24.5 Å². The number of ether oxygens (including phenoxy) is 1. The van der Waals surface area contributed by atoms with Gasteiger partial charge in [-0.3, -0.25) is 19.5 Å². The smallest absolute Gasteiger partial charge is 0.253 e. The Morgan fingerprint density at radius 3 is 2.41 bits per heavy atom. The first kappa shape index (κ1) is 24.5. The second-order valence-electron chi connectivity index (χ2n) is 11.4. The summed E-state index contributed by atoms with van der Waals surface area (Å²) >= 11 is 0. The average Bonchev–Trinajstić information content (AvgIpc) is 2.89. The number of carbonyl (C=O) groups excluding carboxylic acids is 2. The summed E-state index contributed by atoms with van der Waals surface area (Å²) in [5.41, 5.74) is 1.62. The molecule has 1 unspecified atom stereocenters. The number of nitrogens with zero attached hydrogens (tertiary/aromatic N) is 3. The summed E-state index contributed by atoms with van der Waals surface area (Å²) in [5.74, 6) is -0.287. The largest absolute Gasteiger partial charge is 0.379 e. The molecule has 7 nitrogen and oxygen atoms in total. The average molecular weight is 507 g/mol. The Balaban J connectivity index is 1.12. The van der Waals surface area contributed by atoms with Crippen LogP contribution in [0.2, 0.25) is 0 Å². The van der Waals surface area contributed by atoms with E-state index in [4.69, 9.17) is 4.74 Å². The highest BCUT2D eigenvalue weighted by molar-refractivity contribution is 5.94. The summed E-state index contributed by atoms with van der Waals surface area (Å²) < 4.78 is 19.0. The van der Waals surface area contributed by atoms with Crippen LogP contribution in [0, 0.1) is 11.2 Å². The molecule has 1 aromatic carbocycles. The van der Waals surface area contributed by atoms with Gasteiger partial charge in [0.1, 0.15) is 5.82 Å². The number of morpholine rings is 1. The van der Waals surface area contributed by atoms with Crippen molar-refractivity contribution in [1.82, 2.24) is 20.1 Å². The molecule has 1 atom stereocenters. The highest BCUT2D eigenvalue weighted by Crippen LogP contribution is 2.75. The molecule has 3 aliphatic carbocycles. The minimum atomic E-state index is -0.230. The number of nitrogens with one attached hydrogen (secondary N) is 1. The van der Waals surface area contributed by atoms with E-state index in [-0.39, 0.29) is 34.5 Å². The van der Waals surface area contributed by atoms with Gasteiger partial charge in [-0.25, -0.2) is 4.39 Å². The van der Waals surface area contributed by atoms with Gasteiger partial charge in [0.25, 0.3) is 5.91 Å².